The number of ether oxygens (including phenoxy) is 1. The molecule has 4 nitrogen and oxygen atoms in total. The van der Waals surface area contributed by atoms with Crippen LogP contribution in [0.1, 0.15) is 36.0 Å². The first-order valence-electron chi connectivity index (χ1n) is 8.93. The van der Waals surface area contributed by atoms with Gasteiger partial charge in [-0.2, -0.15) is 0 Å². The molecule has 0 aromatic heterocycles. The van der Waals surface area contributed by atoms with Crippen molar-refractivity contribution in [2.45, 2.75) is 32.1 Å². The molecule has 25 heavy (non-hydrogen) atoms. The molecule has 2 N–H and O–H groups in total. The highest BCUT2D eigenvalue weighted by Crippen LogP contribution is 2.39. The number of rotatable bonds is 5. The van der Waals surface area contributed by atoms with Gasteiger partial charge in [0.15, 0.2) is 0 Å². The van der Waals surface area contributed by atoms with Crippen LogP contribution in [0.4, 0.5) is 4.79 Å². The van der Waals surface area contributed by atoms with Crippen LogP contribution in [0.2, 0.25) is 0 Å². The molecule has 132 valence electrons. The summed E-state index contributed by atoms with van der Waals surface area (Å²) in [4.78, 5) is 11.7. The normalized spacial score (nSPS) is 19.1. The molecule has 2 aromatic rings. The van der Waals surface area contributed by atoms with E-state index in [0.29, 0.717) is 24.8 Å². The highest BCUT2D eigenvalue weighted by molar-refractivity contribution is 5.67. The number of carbonyl (C=O) groups excluding carboxylic acids is 1. The lowest BCUT2D eigenvalue weighted by atomic mass is 9.72. The lowest BCUT2D eigenvalue weighted by molar-refractivity contribution is 0.149. The first-order valence-corrected chi connectivity index (χ1v) is 8.93. The molecule has 0 bridgehead atoms. The topological polar surface area (TPSA) is 58.6 Å². The molecule has 0 fully saturated rings. The van der Waals surface area contributed by atoms with E-state index in [4.69, 9.17) is 4.74 Å². The van der Waals surface area contributed by atoms with Crippen LogP contribution < -0.4 is 5.32 Å². The van der Waals surface area contributed by atoms with Crippen molar-refractivity contribution in [1.82, 2.24) is 5.32 Å². The Labute approximate surface area is 148 Å². The number of phenolic OH excluding ortho intramolecular Hbond substituents is 1. The summed E-state index contributed by atoms with van der Waals surface area (Å²) in [5, 5.41) is 12.8. The zero-order chi connectivity index (χ0) is 17.6. The van der Waals surface area contributed by atoms with E-state index in [9.17, 15) is 9.90 Å². The highest BCUT2D eigenvalue weighted by atomic mass is 16.5. The van der Waals surface area contributed by atoms with Gasteiger partial charge in [0.2, 0.25) is 0 Å². The second-order valence-electron chi connectivity index (χ2n) is 6.58. The van der Waals surface area contributed by atoms with Crippen molar-refractivity contribution in [2.24, 2.45) is 5.92 Å². The van der Waals surface area contributed by atoms with E-state index in [1.165, 1.54) is 16.7 Å². The van der Waals surface area contributed by atoms with E-state index in [2.05, 4.69) is 17.4 Å². The molecule has 4 heteroatoms. The highest BCUT2D eigenvalue weighted by Gasteiger charge is 2.30. The zero-order valence-electron chi connectivity index (χ0n) is 14.6. The van der Waals surface area contributed by atoms with Crippen LogP contribution in [-0.2, 0) is 17.6 Å². The first-order chi connectivity index (χ1) is 12.2. The lowest BCUT2D eigenvalue weighted by Crippen LogP contribution is -2.35. The number of hydrogen-bond acceptors (Lipinski definition) is 3. The SMILES string of the molecule is CCOC(=O)NCC1CCc2ccc(O)cc2C1Cc1ccccc1. The van der Waals surface area contributed by atoms with E-state index in [-0.39, 0.29) is 12.0 Å². The van der Waals surface area contributed by atoms with Crippen molar-refractivity contribution < 1.29 is 14.6 Å². The maximum Gasteiger partial charge on any atom is 0.407 e. The standard InChI is InChI=1S/C21H25NO3/c1-2-25-21(24)22-14-17-9-8-16-10-11-18(23)13-20(16)19(17)12-15-6-4-3-5-7-15/h3-7,10-11,13,17,19,23H,2,8-9,12,14H2,1H3,(H,22,24). The number of fused-ring (bicyclic) bond motifs is 1. The van der Waals surface area contributed by atoms with Gasteiger partial charge in [0.1, 0.15) is 5.75 Å². The number of carbonyl (C=O) groups is 1. The van der Waals surface area contributed by atoms with Crippen LogP contribution in [0, 0.1) is 5.92 Å². The van der Waals surface area contributed by atoms with Gasteiger partial charge < -0.3 is 15.2 Å². The van der Waals surface area contributed by atoms with Gasteiger partial charge in [-0.1, -0.05) is 36.4 Å². The fourth-order valence-electron chi connectivity index (χ4n) is 3.74. The molecule has 2 aromatic carbocycles. The number of phenols is 1. The summed E-state index contributed by atoms with van der Waals surface area (Å²) >= 11 is 0. The number of amides is 1. The summed E-state index contributed by atoms with van der Waals surface area (Å²) in [6, 6.07) is 16.1. The van der Waals surface area contributed by atoms with Crippen LogP contribution in [-0.4, -0.2) is 24.4 Å². The average molecular weight is 339 g/mol. The Kier molecular flexibility index (Phi) is 5.59. The van der Waals surface area contributed by atoms with Crippen molar-refractivity contribution in [1.29, 1.82) is 0 Å². The summed E-state index contributed by atoms with van der Waals surface area (Å²) in [5.74, 6) is 0.884. The third kappa shape index (κ3) is 4.32. The Morgan fingerprint density at radius 2 is 2.04 bits per heavy atom. The molecule has 3 rings (SSSR count). The number of aryl methyl sites for hydroxylation is 1. The van der Waals surface area contributed by atoms with Crippen molar-refractivity contribution in [2.75, 3.05) is 13.2 Å². The number of nitrogens with one attached hydrogen (secondary N) is 1. The molecule has 0 spiro atoms. The Balaban J connectivity index is 1.82. The Hall–Kier alpha value is -2.49. The van der Waals surface area contributed by atoms with Crippen molar-refractivity contribution >= 4 is 6.09 Å². The van der Waals surface area contributed by atoms with Crippen molar-refractivity contribution in [3.63, 3.8) is 0 Å². The molecular formula is C21H25NO3. The van der Waals surface area contributed by atoms with Gasteiger partial charge in [-0.3, -0.25) is 0 Å². The predicted octanol–water partition coefficient (Wildman–Crippen LogP) is 4.03. The Bertz CT molecular complexity index is 714. The predicted molar refractivity (Wildman–Crippen MR) is 97.8 cm³/mol. The van der Waals surface area contributed by atoms with Gasteiger partial charge in [0.25, 0.3) is 0 Å². The summed E-state index contributed by atoms with van der Waals surface area (Å²) < 4.78 is 4.98. The Morgan fingerprint density at radius 3 is 2.80 bits per heavy atom. The molecule has 2 atom stereocenters. The third-order valence-corrected chi connectivity index (χ3v) is 4.96. The van der Waals surface area contributed by atoms with Crippen molar-refractivity contribution in [3.05, 3.63) is 65.2 Å². The van der Waals surface area contributed by atoms with Gasteiger partial charge >= 0.3 is 6.09 Å². The van der Waals surface area contributed by atoms with E-state index in [1.807, 2.05) is 30.3 Å². The summed E-state index contributed by atoms with van der Waals surface area (Å²) in [6.07, 6.45) is 2.52. The van der Waals surface area contributed by atoms with Gasteiger partial charge in [-0.15, -0.1) is 0 Å². The molecule has 0 saturated carbocycles. The summed E-state index contributed by atoms with van der Waals surface area (Å²) in [5.41, 5.74) is 3.77. The lowest BCUT2D eigenvalue weighted by Gasteiger charge is -2.34. The smallest absolute Gasteiger partial charge is 0.407 e. The van der Waals surface area contributed by atoms with Crippen LogP contribution in [0.25, 0.3) is 0 Å². The quantitative estimate of drug-likeness (QED) is 0.865. The number of benzene rings is 2. The fourth-order valence-corrected chi connectivity index (χ4v) is 3.74. The second-order valence-corrected chi connectivity index (χ2v) is 6.58. The minimum Gasteiger partial charge on any atom is -0.508 e. The molecule has 1 amide bonds. The number of alkyl carbamates (subject to hydrolysis) is 1. The zero-order valence-corrected chi connectivity index (χ0v) is 14.6. The van der Waals surface area contributed by atoms with Gasteiger partial charge in [-0.25, -0.2) is 4.79 Å². The van der Waals surface area contributed by atoms with E-state index in [1.54, 1.807) is 13.0 Å². The molecule has 0 saturated heterocycles. The minimum atomic E-state index is -0.359. The molecule has 1 aliphatic carbocycles. The monoisotopic (exact) mass is 339 g/mol. The minimum absolute atomic E-state index is 0.264. The average Bonchev–Trinajstić information content (AvgIpc) is 2.62. The number of hydrogen-bond donors (Lipinski definition) is 2. The van der Waals surface area contributed by atoms with E-state index in [0.717, 1.165) is 19.3 Å². The van der Waals surface area contributed by atoms with Crippen LogP contribution >= 0.6 is 0 Å². The van der Waals surface area contributed by atoms with Gasteiger partial charge in [0.05, 0.1) is 6.61 Å². The van der Waals surface area contributed by atoms with Gasteiger partial charge in [-0.05, 0) is 66.8 Å². The van der Waals surface area contributed by atoms with E-state index < -0.39 is 0 Å². The summed E-state index contributed by atoms with van der Waals surface area (Å²) in [7, 11) is 0. The third-order valence-electron chi connectivity index (χ3n) is 4.96. The molecular weight excluding hydrogens is 314 g/mol. The maximum absolute atomic E-state index is 11.7. The second kappa shape index (κ2) is 8.06. The molecule has 0 radical (unpaired) electrons. The van der Waals surface area contributed by atoms with E-state index >= 15 is 0 Å². The molecule has 0 aliphatic heterocycles. The van der Waals surface area contributed by atoms with Crippen LogP contribution in [0.5, 0.6) is 5.75 Å². The molecule has 0 heterocycles. The van der Waals surface area contributed by atoms with Crippen LogP contribution in [0.15, 0.2) is 48.5 Å². The molecule has 1 aliphatic rings. The fraction of sp³-hybridized carbons (Fsp3) is 0.381. The number of aromatic hydroxyl groups is 1. The van der Waals surface area contributed by atoms with Crippen molar-refractivity contribution in [3.8, 4) is 5.75 Å². The maximum atomic E-state index is 11.7. The largest absolute Gasteiger partial charge is 0.508 e. The summed E-state index contributed by atoms with van der Waals surface area (Å²) in [6.45, 7) is 2.77. The molecule has 2 unspecified atom stereocenters. The van der Waals surface area contributed by atoms with Crippen LogP contribution in [0.3, 0.4) is 0 Å². The first kappa shape index (κ1) is 17.3. The Morgan fingerprint density at radius 1 is 1.24 bits per heavy atom. The van der Waals surface area contributed by atoms with Gasteiger partial charge in [0, 0.05) is 6.54 Å².